The molecule has 0 bridgehead atoms. The summed E-state index contributed by atoms with van der Waals surface area (Å²) in [5.41, 5.74) is 1.30. The third kappa shape index (κ3) is 2.90. The Kier molecular flexibility index (Phi) is 3.67. The van der Waals surface area contributed by atoms with Gasteiger partial charge in [-0.1, -0.05) is 11.6 Å². The van der Waals surface area contributed by atoms with E-state index in [0.29, 0.717) is 17.1 Å². The van der Waals surface area contributed by atoms with Crippen LogP contribution in [0.3, 0.4) is 0 Å². The van der Waals surface area contributed by atoms with Gasteiger partial charge in [-0.15, -0.1) is 0 Å². The summed E-state index contributed by atoms with van der Waals surface area (Å²) in [7, 11) is 0. The van der Waals surface area contributed by atoms with Crippen LogP contribution in [0.1, 0.15) is 12.7 Å². The molecule has 2 rings (SSSR count). The fourth-order valence-electron chi connectivity index (χ4n) is 1.52. The van der Waals surface area contributed by atoms with Gasteiger partial charge in [0, 0.05) is 11.8 Å². The van der Waals surface area contributed by atoms with E-state index in [0.717, 1.165) is 0 Å². The molecule has 0 aliphatic carbocycles. The second-order valence-corrected chi connectivity index (χ2v) is 4.27. The van der Waals surface area contributed by atoms with Crippen molar-refractivity contribution in [1.82, 2.24) is 9.97 Å². The highest BCUT2D eigenvalue weighted by molar-refractivity contribution is 6.31. The molecule has 0 radical (unpaired) electrons. The molecule has 0 atom stereocenters. The number of hydrogen-bond donors (Lipinski definition) is 0. The van der Waals surface area contributed by atoms with Gasteiger partial charge in [-0.2, -0.15) is 0 Å². The van der Waals surface area contributed by atoms with E-state index < -0.39 is 5.82 Å². The number of nitrogens with zero attached hydrogens (tertiary/aromatic N) is 2. The highest BCUT2D eigenvalue weighted by Gasteiger charge is 2.07. The zero-order valence-corrected chi connectivity index (χ0v) is 10.4. The normalized spacial score (nSPS) is 10.4. The first kappa shape index (κ1) is 12.6. The van der Waals surface area contributed by atoms with E-state index in [9.17, 15) is 9.18 Å². The Morgan fingerprint density at radius 1 is 1.39 bits per heavy atom. The molecular formula is C13H10ClFN2O. The van der Waals surface area contributed by atoms with Crippen LogP contribution in [-0.2, 0) is 11.2 Å². The molecular weight excluding hydrogens is 255 g/mol. The molecule has 92 valence electrons. The lowest BCUT2D eigenvalue weighted by Crippen LogP contribution is -2.02. The van der Waals surface area contributed by atoms with Crippen LogP contribution < -0.4 is 0 Å². The van der Waals surface area contributed by atoms with Crippen LogP contribution in [0.2, 0.25) is 5.02 Å². The van der Waals surface area contributed by atoms with Crippen molar-refractivity contribution < 1.29 is 9.18 Å². The summed E-state index contributed by atoms with van der Waals surface area (Å²) in [4.78, 5) is 19.3. The second-order valence-electron chi connectivity index (χ2n) is 3.87. The summed E-state index contributed by atoms with van der Waals surface area (Å²) < 4.78 is 13.1. The molecule has 2 aromatic rings. The maximum atomic E-state index is 13.1. The maximum Gasteiger partial charge on any atom is 0.141 e. The van der Waals surface area contributed by atoms with E-state index >= 15 is 0 Å². The summed E-state index contributed by atoms with van der Waals surface area (Å²) in [6.45, 7) is 1.48. The smallest absolute Gasteiger partial charge is 0.141 e. The van der Waals surface area contributed by atoms with E-state index in [1.807, 2.05) is 0 Å². The summed E-state index contributed by atoms with van der Waals surface area (Å²) in [5, 5.41) is 0.0410. The van der Waals surface area contributed by atoms with Crippen LogP contribution in [0.25, 0.3) is 11.3 Å². The molecule has 0 aliphatic heterocycles. The predicted molar refractivity (Wildman–Crippen MR) is 66.8 cm³/mol. The number of rotatable bonds is 3. The fourth-order valence-corrected chi connectivity index (χ4v) is 1.70. The van der Waals surface area contributed by atoms with Gasteiger partial charge in [-0.3, -0.25) is 4.79 Å². The minimum absolute atomic E-state index is 0.00992. The van der Waals surface area contributed by atoms with Gasteiger partial charge in [0.2, 0.25) is 0 Å². The average Bonchev–Trinajstić information content (AvgIpc) is 2.32. The lowest BCUT2D eigenvalue weighted by molar-refractivity contribution is -0.116. The van der Waals surface area contributed by atoms with E-state index in [4.69, 9.17) is 11.6 Å². The summed E-state index contributed by atoms with van der Waals surface area (Å²) in [6, 6.07) is 6.05. The van der Waals surface area contributed by atoms with E-state index in [-0.39, 0.29) is 17.2 Å². The van der Waals surface area contributed by atoms with Crippen molar-refractivity contribution >= 4 is 17.4 Å². The highest BCUT2D eigenvalue weighted by Crippen LogP contribution is 2.23. The molecule has 0 spiro atoms. The molecule has 0 N–H and O–H groups in total. The number of halogens is 2. The van der Waals surface area contributed by atoms with Crippen LogP contribution in [0.4, 0.5) is 4.39 Å². The van der Waals surface area contributed by atoms with E-state index in [2.05, 4.69) is 9.97 Å². The monoisotopic (exact) mass is 264 g/mol. The summed E-state index contributed by atoms with van der Waals surface area (Å²) >= 11 is 5.72. The van der Waals surface area contributed by atoms with Crippen LogP contribution in [0.5, 0.6) is 0 Å². The third-order valence-corrected chi connectivity index (χ3v) is 2.62. The minimum Gasteiger partial charge on any atom is -0.300 e. The number of carbonyl (C=O) groups is 1. The molecule has 0 saturated heterocycles. The molecule has 18 heavy (non-hydrogen) atoms. The van der Waals surface area contributed by atoms with Crippen LogP contribution in [0.15, 0.2) is 30.5 Å². The molecule has 0 unspecified atom stereocenters. The zero-order chi connectivity index (χ0) is 13.1. The standard InChI is InChI=1S/C13H10ClFN2O/c1-8(18)6-13-16-5-4-12(17-13)9-2-3-11(15)10(14)7-9/h2-5,7H,6H2,1H3. The van der Waals surface area contributed by atoms with Crippen molar-refractivity contribution in [2.75, 3.05) is 0 Å². The van der Waals surface area contributed by atoms with Gasteiger partial charge in [0.15, 0.2) is 0 Å². The molecule has 0 aliphatic rings. The highest BCUT2D eigenvalue weighted by atomic mass is 35.5. The predicted octanol–water partition coefficient (Wildman–Crippen LogP) is 3.07. The van der Waals surface area contributed by atoms with E-state index in [1.54, 1.807) is 18.3 Å². The van der Waals surface area contributed by atoms with Crippen LogP contribution >= 0.6 is 11.6 Å². The molecule has 1 aromatic heterocycles. The second kappa shape index (κ2) is 5.23. The number of benzene rings is 1. The number of aromatic nitrogens is 2. The summed E-state index contributed by atoms with van der Waals surface area (Å²) in [6.07, 6.45) is 1.75. The number of hydrogen-bond acceptors (Lipinski definition) is 3. The van der Waals surface area contributed by atoms with Crippen molar-refractivity contribution in [1.29, 1.82) is 0 Å². The van der Waals surface area contributed by atoms with Gasteiger partial charge in [-0.05, 0) is 31.2 Å². The molecule has 0 saturated carbocycles. The SMILES string of the molecule is CC(=O)Cc1nccc(-c2ccc(F)c(Cl)c2)n1. The summed E-state index contributed by atoms with van der Waals surface area (Å²) in [5.74, 6) is -0.0387. The number of carbonyl (C=O) groups excluding carboxylic acids is 1. The Hall–Kier alpha value is -1.81. The van der Waals surface area contributed by atoms with Crippen molar-refractivity contribution in [2.24, 2.45) is 0 Å². The molecule has 1 aromatic carbocycles. The molecule has 1 heterocycles. The van der Waals surface area contributed by atoms with Gasteiger partial charge in [0.1, 0.15) is 17.4 Å². The first-order valence-corrected chi connectivity index (χ1v) is 5.71. The zero-order valence-electron chi connectivity index (χ0n) is 9.65. The Balaban J connectivity index is 2.38. The minimum atomic E-state index is -0.474. The molecule has 0 amide bonds. The first-order valence-electron chi connectivity index (χ1n) is 5.33. The van der Waals surface area contributed by atoms with Gasteiger partial charge in [0.25, 0.3) is 0 Å². The maximum absolute atomic E-state index is 13.1. The van der Waals surface area contributed by atoms with Crippen LogP contribution in [-0.4, -0.2) is 15.8 Å². The Labute approximate surface area is 109 Å². The topological polar surface area (TPSA) is 42.9 Å². The lowest BCUT2D eigenvalue weighted by Gasteiger charge is -2.04. The number of ketones is 1. The van der Waals surface area contributed by atoms with Gasteiger partial charge in [0.05, 0.1) is 17.1 Å². The Morgan fingerprint density at radius 3 is 2.83 bits per heavy atom. The number of Topliss-reactive ketones (excluding diaryl/α,β-unsaturated/α-hetero) is 1. The Bertz CT molecular complexity index is 601. The van der Waals surface area contributed by atoms with Crippen molar-refractivity contribution in [2.45, 2.75) is 13.3 Å². The first-order chi connectivity index (χ1) is 8.56. The van der Waals surface area contributed by atoms with E-state index in [1.165, 1.54) is 19.1 Å². The molecule has 3 nitrogen and oxygen atoms in total. The van der Waals surface area contributed by atoms with Gasteiger partial charge >= 0.3 is 0 Å². The van der Waals surface area contributed by atoms with Gasteiger partial charge in [-0.25, -0.2) is 14.4 Å². The van der Waals surface area contributed by atoms with Crippen molar-refractivity contribution in [3.05, 3.63) is 47.1 Å². The Morgan fingerprint density at radius 2 is 2.17 bits per heavy atom. The average molecular weight is 265 g/mol. The van der Waals surface area contributed by atoms with Crippen LogP contribution in [0, 0.1) is 5.82 Å². The molecule has 5 heteroatoms. The van der Waals surface area contributed by atoms with Crippen molar-refractivity contribution in [3.63, 3.8) is 0 Å². The lowest BCUT2D eigenvalue weighted by atomic mass is 10.1. The third-order valence-electron chi connectivity index (χ3n) is 2.33. The van der Waals surface area contributed by atoms with Gasteiger partial charge < -0.3 is 0 Å². The quantitative estimate of drug-likeness (QED) is 0.856. The largest absolute Gasteiger partial charge is 0.300 e. The fraction of sp³-hybridized carbons (Fsp3) is 0.154. The van der Waals surface area contributed by atoms with Crippen molar-refractivity contribution in [3.8, 4) is 11.3 Å². The molecule has 0 fully saturated rings.